The molecule has 5 rings (SSSR count). The number of hydrogen-bond donors (Lipinski definition) is 0. The maximum absolute atomic E-state index is 13.4. The monoisotopic (exact) mass is 400 g/mol. The van der Waals surface area contributed by atoms with Crippen LogP contribution in [0.1, 0.15) is 35.4 Å². The van der Waals surface area contributed by atoms with E-state index in [1.807, 2.05) is 47.5 Å². The molecule has 150 valence electrons. The van der Waals surface area contributed by atoms with Crippen LogP contribution in [0.4, 0.5) is 4.39 Å². The summed E-state index contributed by atoms with van der Waals surface area (Å²) in [5.41, 5.74) is 3.96. The molecule has 0 aliphatic carbocycles. The molecule has 30 heavy (non-hydrogen) atoms. The first-order chi connectivity index (χ1) is 14.7. The maximum Gasteiger partial charge on any atom is 0.213 e. The highest BCUT2D eigenvalue weighted by Crippen LogP contribution is 2.47. The smallest absolute Gasteiger partial charge is 0.213 e. The van der Waals surface area contributed by atoms with Crippen LogP contribution in [0.2, 0.25) is 0 Å². The molecule has 0 aromatic heterocycles. The van der Waals surface area contributed by atoms with E-state index >= 15 is 0 Å². The average Bonchev–Trinajstić information content (AvgIpc) is 3.24. The summed E-state index contributed by atoms with van der Waals surface area (Å²) in [7, 11) is 0. The minimum absolute atomic E-state index is 0.0664. The van der Waals surface area contributed by atoms with Crippen LogP contribution in [0.15, 0.2) is 90.6 Å². The zero-order valence-electron chi connectivity index (χ0n) is 16.4. The molecule has 3 aromatic rings. The minimum Gasteiger partial charge on any atom is -0.490 e. The summed E-state index contributed by atoms with van der Waals surface area (Å²) < 4.78 is 25.3. The van der Waals surface area contributed by atoms with Crippen molar-refractivity contribution in [1.29, 1.82) is 0 Å². The summed E-state index contributed by atoms with van der Waals surface area (Å²) >= 11 is 0. The molecule has 0 bridgehead atoms. The molecule has 0 unspecified atom stereocenters. The highest BCUT2D eigenvalue weighted by Gasteiger charge is 2.40. The summed E-state index contributed by atoms with van der Waals surface area (Å²) in [5.74, 6) is 1.40. The van der Waals surface area contributed by atoms with Gasteiger partial charge in [0, 0.05) is 17.5 Å². The van der Waals surface area contributed by atoms with Gasteiger partial charge in [-0.2, -0.15) is 5.10 Å². The van der Waals surface area contributed by atoms with Gasteiger partial charge < -0.3 is 9.47 Å². The predicted octanol–water partition coefficient (Wildman–Crippen LogP) is 5.63. The lowest BCUT2D eigenvalue weighted by Crippen LogP contribution is -2.33. The van der Waals surface area contributed by atoms with Crippen molar-refractivity contribution in [2.45, 2.75) is 18.7 Å². The van der Waals surface area contributed by atoms with Crippen LogP contribution in [0, 0.1) is 5.82 Å². The molecule has 5 heteroatoms. The number of para-hydroxylation sites is 1. The predicted molar refractivity (Wildman–Crippen MR) is 114 cm³/mol. The summed E-state index contributed by atoms with van der Waals surface area (Å²) in [6.45, 7) is 4.14. The zero-order chi connectivity index (χ0) is 20.5. The quantitative estimate of drug-likeness (QED) is 0.520. The Labute approximate surface area is 174 Å². The topological polar surface area (TPSA) is 34.1 Å². The van der Waals surface area contributed by atoms with Gasteiger partial charge in [-0.05, 0) is 48.0 Å². The molecule has 0 fully saturated rings. The average molecular weight is 400 g/mol. The fourth-order valence-corrected chi connectivity index (χ4v) is 3.95. The molecule has 2 aliphatic rings. The third-order valence-corrected chi connectivity index (χ3v) is 5.41. The summed E-state index contributed by atoms with van der Waals surface area (Å²) in [4.78, 5) is 0. The van der Waals surface area contributed by atoms with E-state index in [4.69, 9.17) is 14.6 Å². The largest absolute Gasteiger partial charge is 0.490 e. The number of hydrogen-bond acceptors (Lipinski definition) is 4. The van der Waals surface area contributed by atoms with Crippen molar-refractivity contribution >= 4 is 5.71 Å². The Kier molecular flexibility index (Phi) is 4.71. The Bertz CT molecular complexity index is 1090. The molecule has 3 aromatic carbocycles. The van der Waals surface area contributed by atoms with Crippen LogP contribution in [0.25, 0.3) is 0 Å². The molecule has 0 radical (unpaired) electrons. The molecule has 0 spiro atoms. The highest BCUT2D eigenvalue weighted by molar-refractivity contribution is 6.01. The van der Waals surface area contributed by atoms with Crippen molar-refractivity contribution in [3.05, 3.63) is 108 Å². The lowest BCUT2D eigenvalue weighted by molar-refractivity contribution is -0.0190. The van der Waals surface area contributed by atoms with E-state index in [1.54, 1.807) is 18.2 Å². The molecule has 4 nitrogen and oxygen atoms in total. The second kappa shape index (κ2) is 7.67. The van der Waals surface area contributed by atoms with Crippen molar-refractivity contribution in [1.82, 2.24) is 5.01 Å². The molecule has 0 amide bonds. The van der Waals surface area contributed by atoms with E-state index in [9.17, 15) is 4.39 Å². The molecule has 2 atom stereocenters. The van der Waals surface area contributed by atoms with Crippen LogP contribution >= 0.6 is 0 Å². The fraction of sp³-hybridized carbons (Fsp3) is 0.160. The Hall–Kier alpha value is -3.60. The van der Waals surface area contributed by atoms with E-state index < -0.39 is 0 Å². The van der Waals surface area contributed by atoms with Crippen LogP contribution in [0.5, 0.6) is 11.5 Å². The Morgan fingerprint density at radius 2 is 1.83 bits per heavy atom. The van der Waals surface area contributed by atoms with Gasteiger partial charge >= 0.3 is 0 Å². The fourth-order valence-electron chi connectivity index (χ4n) is 3.95. The first kappa shape index (κ1) is 18.4. The summed E-state index contributed by atoms with van der Waals surface area (Å²) in [6, 6.07) is 22.5. The third kappa shape index (κ3) is 3.32. The van der Waals surface area contributed by atoms with Gasteiger partial charge in [-0.15, -0.1) is 0 Å². The van der Waals surface area contributed by atoms with E-state index in [-0.39, 0.29) is 18.1 Å². The first-order valence-electron chi connectivity index (χ1n) is 9.94. The molecule has 0 saturated carbocycles. The molecule has 0 N–H and O–H groups in total. The second-order valence-corrected chi connectivity index (χ2v) is 7.33. The Morgan fingerprint density at radius 1 is 1.07 bits per heavy atom. The van der Waals surface area contributed by atoms with Crippen molar-refractivity contribution in [3.8, 4) is 11.5 Å². The number of fused-ring (bicyclic) bond motifs is 3. The molecule has 2 aliphatic heterocycles. The van der Waals surface area contributed by atoms with Gasteiger partial charge in [0.2, 0.25) is 6.23 Å². The Morgan fingerprint density at radius 3 is 2.60 bits per heavy atom. The third-order valence-electron chi connectivity index (χ3n) is 5.41. The van der Waals surface area contributed by atoms with Gasteiger partial charge in [0.15, 0.2) is 0 Å². The summed E-state index contributed by atoms with van der Waals surface area (Å²) in [6.07, 6.45) is 2.11. The van der Waals surface area contributed by atoms with E-state index in [2.05, 4.69) is 12.6 Å². The highest BCUT2D eigenvalue weighted by atomic mass is 19.1. The number of benzene rings is 3. The van der Waals surface area contributed by atoms with E-state index in [0.29, 0.717) is 6.61 Å². The molecule has 0 saturated heterocycles. The summed E-state index contributed by atoms with van der Waals surface area (Å²) in [5, 5.41) is 6.91. The maximum atomic E-state index is 13.4. The van der Waals surface area contributed by atoms with Gasteiger partial charge in [0.25, 0.3) is 0 Å². The molecular formula is C25H21FN2O2. The van der Waals surface area contributed by atoms with E-state index in [1.165, 1.54) is 12.1 Å². The van der Waals surface area contributed by atoms with Crippen LogP contribution in [0.3, 0.4) is 0 Å². The minimum atomic E-state index is -0.351. The van der Waals surface area contributed by atoms with Crippen LogP contribution < -0.4 is 9.47 Å². The van der Waals surface area contributed by atoms with Crippen molar-refractivity contribution < 1.29 is 13.9 Å². The van der Waals surface area contributed by atoms with Crippen LogP contribution in [-0.4, -0.2) is 17.3 Å². The van der Waals surface area contributed by atoms with Crippen LogP contribution in [-0.2, 0) is 0 Å². The van der Waals surface area contributed by atoms with Crippen molar-refractivity contribution in [2.75, 3.05) is 6.61 Å². The van der Waals surface area contributed by atoms with Gasteiger partial charge in [0.05, 0.1) is 11.8 Å². The lowest BCUT2D eigenvalue weighted by Gasteiger charge is -2.38. The van der Waals surface area contributed by atoms with Crippen molar-refractivity contribution in [2.24, 2.45) is 5.10 Å². The molecular weight excluding hydrogens is 379 g/mol. The number of ether oxygens (including phenoxy) is 2. The van der Waals surface area contributed by atoms with Gasteiger partial charge in [-0.1, -0.05) is 43.0 Å². The second-order valence-electron chi connectivity index (χ2n) is 7.33. The normalized spacial score (nSPS) is 19.4. The van der Waals surface area contributed by atoms with E-state index in [0.717, 1.165) is 40.3 Å². The van der Waals surface area contributed by atoms with Crippen molar-refractivity contribution in [3.63, 3.8) is 0 Å². The number of nitrogens with zero attached hydrogens (tertiary/aromatic N) is 2. The van der Waals surface area contributed by atoms with Gasteiger partial charge in [-0.25, -0.2) is 9.40 Å². The van der Waals surface area contributed by atoms with Gasteiger partial charge in [-0.3, -0.25) is 0 Å². The lowest BCUT2D eigenvalue weighted by atomic mass is 9.96. The molecule has 2 heterocycles. The zero-order valence-corrected chi connectivity index (χ0v) is 16.4. The number of halogens is 1. The first-order valence-corrected chi connectivity index (χ1v) is 9.94. The van der Waals surface area contributed by atoms with Gasteiger partial charge in [0.1, 0.15) is 23.9 Å². The number of rotatable bonds is 5. The number of hydrazone groups is 1. The Balaban J connectivity index is 1.51. The SMILES string of the molecule is C=CCOc1ccc([C@H]2Oc3ccccc3[C@@H]3CC(c4ccc(F)cc4)=NN23)cc1. The standard InChI is InChI=1S/C25H21FN2O2/c1-2-15-29-20-13-9-18(10-14-20)25-28-23(21-5-3-4-6-24(21)30-25)16-22(27-28)17-7-11-19(26)12-8-17/h2-14,23,25H,1,15-16H2/t23-,25+/m0/s1.